The smallest absolute Gasteiger partial charge is 0.338 e. The average molecular weight is 351 g/mol. The summed E-state index contributed by atoms with van der Waals surface area (Å²) in [6, 6.07) is 12.6. The molecule has 3 rings (SSSR count). The summed E-state index contributed by atoms with van der Waals surface area (Å²) >= 11 is 0. The van der Waals surface area contributed by atoms with Crippen molar-refractivity contribution < 1.29 is 14.3 Å². The molecule has 0 radical (unpaired) electrons. The number of esters is 1. The van der Waals surface area contributed by atoms with Crippen molar-refractivity contribution in [1.29, 1.82) is 0 Å². The molecule has 2 aromatic carbocycles. The van der Waals surface area contributed by atoms with Gasteiger partial charge in [-0.3, -0.25) is 4.79 Å². The zero-order chi connectivity index (χ0) is 18.5. The third-order valence-electron chi connectivity index (χ3n) is 4.69. The van der Waals surface area contributed by atoms with E-state index >= 15 is 0 Å². The van der Waals surface area contributed by atoms with Gasteiger partial charge in [0.1, 0.15) is 6.10 Å². The molecule has 4 nitrogen and oxygen atoms in total. The van der Waals surface area contributed by atoms with Crippen molar-refractivity contribution in [3.05, 3.63) is 64.7 Å². The molecule has 1 fully saturated rings. The Balaban J connectivity index is 1.61. The Labute approximate surface area is 154 Å². The number of rotatable bonds is 4. The Hall–Kier alpha value is -2.62. The maximum atomic E-state index is 12.4. The number of aryl methyl sites for hydroxylation is 2. The van der Waals surface area contributed by atoms with Crippen LogP contribution in [0.3, 0.4) is 0 Å². The van der Waals surface area contributed by atoms with E-state index in [9.17, 15) is 9.59 Å². The molecule has 0 saturated heterocycles. The van der Waals surface area contributed by atoms with E-state index < -0.39 is 0 Å². The van der Waals surface area contributed by atoms with Gasteiger partial charge in [-0.25, -0.2) is 4.79 Å². The summed E-state index contributed by atoms with van der Waals surface area (Å²) in [7, 11) is 0. The van der Waals surface area contributed by atoms with Crippen molar-refractivity contribution >= 4 is 17.6 Å². The average Bonchev–Trinajstić information content (AvgIpc) is 2.62. The van der Waals surface area contributed by atoms with Gasteiger partial charge >= 0.3 is 5.97 Å². The Morgan fingerprint density at radius 1 is 0.885 bits per heavy atom. The molecule has 136 valence electrons. The Bertz CT molecular complexity index is 769. The van der Waals surface area contributed by atoms with Gasteiger partial charge in [-0.2, -0.15) is 0 Å². The lowest BCUT2D eigenvalue weighted by Crippen LogP contribution is -2.21. The first-order valence-corrected chi connectivity index (χ1v) is 9.22. The van der Waals surface area contributed by atoms with Gasteiger partial charge in [0.05, 0.1) is 5.56 Å². The molecule has 1 saturated carbocycles. The third kappa shape index (κ3) is 4.72. The molecule has 0 heterocycles. The lowest BCUT2D eigenvalue weighted by molar-refractivity contribution is 0.0211. The molecule has 0 spiro atoms. The Kier molecular flexibility index (Phi) is 5.71. The number of carbonyl (C=O) groups is 2. The van der Waals surface area contributed by atoms with E-state index in [0.717, 1.165) is 36.8 Å². The van der Waals surface area contributed by atoms with Crippen LogP contribution in [-0.4, -0.2) is 18.0 Å². The summed E-state index contributed by atoms with van der Waals surface area (Å²) in [6.07, 6.45) is 5.43. The van der Waals surface area contributed by atoms with E-state index in [1.165, 1.54) is 6.42 Å². The van der Waals surface area contributed by atoms with Crippen LogP contribution < -0.4 is 5.32 Å². The normalized spacial score (nSPS) is 14.7. The van der Waals surface area contributed by atoms with Crippen molar-refractivity contribution in [2.75, 3.05) is 5.32 Å². The summed E-state index contributed by atoms with van der Waals surface area (Å²) in [6.45, 7) is 3.94. The van der Waals surface area contributed by atoms with Crippen molar-refractivity contribution in [3.63, 3.8) is 0 Å². The minimum Gasteiger partial charge on any atom is -0.459 e. The Morgan fingerprint density at radius 3 is 2.12 bits per heavy atom. The van der Waals surface area contributed by atoms with Crippen LogP contribution >= 0.6 is 0 Å². The van der Waals surface area contributed by atoms with Crippen LogP contribution in [0.2, 0.25) is 0 Å². The molecule has 0 bridgehead atoms. The number of carbonyl (C=O) groups excluding carboxylic acids is 2. The summed E-state index contributed by atoms with van der Waals surface area (Å²) in [5.74, 6) is -0.446. The lowest BCUT2D eigenvalue weighted by atomic mass is 9.98. The van der Waals surface area contributed by atoms with Gasteiger partial charge in [-0.05, 0) is 75.9 Å². The third-order valence-corrected chi connectivity index (χ3v) is 4.69. The fourth-order valence-corrected chi connectivity index (χ4v) is 3.40. The number of nitrogens with one attached hydrogen (secondary N) is 1. The number of amides is 1. The molecule has 0 aliphatic heterocycles. The highest BCUT2D eigenvalue weighted by molar-refractivity contribution is 6.04. The van der Waals surface area contributed by atoms with Crippen LogP contribution in [0.25, 0.3) is 0 Å². The SMILES string of the molecule is Cc1cc(C)cc(C(=O)Nc2ccc(C(=O)OC3CCCCC3)cc2)c1. The quantitative estimate of drug-likeness (QED) is 0.785. The zero-order valence-corrected chi connectivity index (χ0v) is 15.4. The molecule has 1 aliphatic carbocycles. The van der Waals surface area contributed by atoms with Crippen molar-refractivity contribution in [2.24, 2.45) is 0 Å². The molecule has 1 aliphatic rings. The molecule has 0 aromatic heterocycles. The lowest BCUT2D eigenvalue weighted by Gasteiger charge is -2.21. The molecule has 1 N–H and O–H groups in total. The first-order chi connectivity index (χ1) is 12.5. The minimum absolute atomic E-state index is 0.0418. The van der Waals surface area contributed by atoms with E-state index in [1.807, 2.05) is 32.0 Å². The van der Waals surface area contributed by atoms with Crippen molar-refractivity contribution in [1.82, 2.24) is 0 Å². The highest BCUT2D eigenvalue weighted by atomic mass is 16.5. The number of anilines is 1. The van der Waals surface area contributed by atoms with Crippen LogP contribution in [0.1, 0.15) is 63.9 Å². The highest BCUT2D eigenvalue weighted by Crippen LogP contribution is 2.22. The van der Waals surface area contributed by atoms with E-state index in [0.29, 0.717) is 16.8 Å². The fraction of sp³-hybridized carbons (Fsp3) is 0.364. The fourth-order valence-electron chi connectivity index (χ4n) is 3.40. The predicted molar refractivity (Wildman–Crippen MR) is 103 cm³/mol. The largest absolute Gasteiger partial charge is 0.459 e. The second-order valence-corrected chi connectivity index (χ2v) is 7.07. The second kappa shape index (κ2) is 8.17. The van der Waals surface area contributed by atoms with Gasteiger partial charge in [-0.1, -0.05) is 23.6 Å². The molecule has 4 heteroatoms. The van der Waals surface area contributed by atoms with Crippen LogP contribution in [0.5, 0.6) is 0 Å². The van der Waals surface area contributed by atoms with Gasteiger partial charge in [0.25, 0.3) is 5.91 Å². The molecular weight excluding hydrogens is 326 g/mol. The van der Waals surface area contributed by atoms with Gasteiger partial charge in [0, 0.05) is 11.3 Å². The Morgan fingerprint density at radius 2 is 1.50 bits per heavy atom. The first kappa shape index (κ1) is 18.2. The molecule has 0 unspecified atom stereocenters. The predicted octanol–water partition coefficient (Wildman–Crippen LogP) is 5.05. The van der Waals surface area contributed by atoms with Crippen molar-refractivity contribution in [3.8, 4) is 0 Å². The molecule has 2 aromatic rings. The second-order valence-electron chi connectivity index (χ2n) is 7.07. The maximum Gasteiger partial charge on any atom is 0.338 e. The topological polar surface area (TPSA) is 55.4 Å². The monoisotopic (exact) mass is 351 g/mol. The summed E-state index contributed by atoms with van der Waals surface area (Å²) in [5, 5.41) is 2.87. The molecule has 1 amide bonds. The number of ether oxygens (including phenoxy) is 1. The van der Waals surface area contributed by atoms with E-state index in [2.05, 4.69) is 5.32 Å². The van der Waals surface area contributed by atoms with Crippen LogP contribution in [-0.2, 0) is 4.74 Å². The summed E-state index contributed by atoms with van der Waals surface area (Å²) in [5.41, 5.74) is 3.90. The summed E-state index contributed by atoms with van der Waals surface area (Å²) < 4.78 is 5.57. The van der Waals surface area contributed by atoms with Crippen LogP contribution in [0.15, 0.2) is 42.5 Å². The van der Waals surface area contributed by atoms with E-state index in [1.54, 1.807) is 24.3 Å². The number of hydrogen-bond donors (Lipinski definition) is 1. The molecule has 26 heavy (non-hydrogen) atoms. The number of benzene rings is 2. The van der Waals surface area contributed by atoms with E-state index in [4.69, 9.17) is 4.74 Å². The first-order valence-electron chi connectivity index (χ1n) is 9.22. The van der Waals surface area contributed by atoms with Crippen LogP contribution in [0, 0.1) is 13.8 Å². The summed E-state index contributed by atoms with van der Waals surface area (Å²) in [4.78, 5) is 24.6. The minimum atomic E-state index is -0.288. The maximum absolute atomic E-state index is 12.4. The van der Waals surface area contributed by atoms with E-state index in [-0.39, 0.29) is 18.0 Å². The van der Waals surface area contributed by atoms with Gasteiger partial charge in [0.15, 0.2) is 0 Å². The van der Waals surface area contributed by atoms with Crippen molar-refractivity contribution in [2.45, 2.75) is 52.1 Å². The van der Waals surface area contributed by atoms with Gasteiger partial charge in [0.2, 0.25) is 0 Å². The molecular formula is C22H25NO3. The number of hydrogen-bond acceptors (Lipinski definition) is 3. The highest BCUT2D eigenvalue weighted by Gasteiger charge is 2.18. The zero-order valence-electron chi connectivity index (χ0n) is 15.4. The van der Waals surface area contributed by atoms with Crippen LogP contribution in [0.4, 0.5) is 5.69 Å². The van der Waals surface area contributed by atoms with Gasteiger partial charge < -0.3 is 10.1 Å². The molecule has 0 atom stereocenters. The van der Waals surface area contributed by atoms with Gasteiger partial charge in [-0.15, -0.1) is 0 Å². The standard InChI is InChI=1S/C22H25NO3/c1-15-12-16(2)14-18(13-15)21(24)23-19-10-8-17(9-11-19)22(25)26-20-6-4-3-5-7-20/h8-14,20H,3-7H2,1-2H3,(H,23,24).